The largest absolute Gasteiger partial charge is 0.355 e. The second kappa shape index (κ2) is 8.15. The van der Waals surface area contributed by atoms with Crippen LogP contribution in [0.4, 0.5) is 0 Å². The molecule has 0 aliphatic heterocycles. The van der Waals surface area contributed by atoms with Gasteiger partial charge in [-0.25, -0.2) is 0 Å². The van der Waals surface area contributed by atoms with E-state index in [1.807, 2.05) is 10.6 Å². The normalized spacial score (nSPS) is 11.0. The van der Waals surface area contributed by atoms with Crippen molar-refractivity contribution in [1.82, 2.24) is 20.1 Å². The van der Waals surface area contributed by atoms with Gasteiger partial charge in [-0.2, -0.15) is 0 Å². The summed E-state index contributed by atoms with van der Waals surface area (Å²) in [5.74, 6) is 0.975. The minimum Gasteiger partial charge on any atom is -0.355 e. The van der Waals surface area contributed by atoms with E-state index in [0.717, 1.165) is 23.8 Å². The molecule has 0 spiro atoms. The summed E-state index contributed by atoms with van der Waals surface area (Å²) in [6, 6.07) is 6.22. The van der Waals surface area contributed by atoms with Gasteiger partial charge in [0.15, 0.2) is 5.16 Å². The summed E-state index contributed by atoms with van der Waals surface area (Å²) in [4.78, 5) is 11.9. The lowest BCUT2D eigenvalue weighted by molar-refractivity contribution is -0.118. The number of benzene rings is 1. The van der Waals surface area contributed by atoms with Crippen LogP contribution in [0.2, 0.25) is 0 Å². The molecule has 1 aromatic heterocycles. The number of aromatic nitrogens is 3. The van der Waals surface area contributed by atoms with Gasteiger partial charge >= 0.3 is 0 Å². The number of aryl methyl sites for hydroxylation is 2. The highest BCUT2D eigenvalue weighted by Crippen LogP contribution is 2.21. The fourth-order valence-electron chi connectivity index (χ4n) is 2.06. The third-order valence-electron chi connectivity index (χ3n) is 3.66. The zero-order chi connectivity index (χ0) is 16.8. The number of thioether (sulfide) groups is 1. The van der Waals surface area contributed by atoms with Crippen LogP contribution in [-0.4, -0.2) is 33.0 Å². The fraction of sp³-hybridized carbons (Fsp3) is 0.471. The summed E-state index contributed by atoms with van der Waals surface area (Å²) in [5, 5.41) is 11.8. The standard InChI is InChI=1S/C17H24N4OS/c1-12(2)7-8-18-16(22)10-23-17-20-19-11-21(17)15-6-5-13(3)14(4)9-15/h5-6,9,11-12H,7-8,10H2,1-4H3,(H,18,22). The van der Waals surface area contributed by atoms with Crippen molar-refractivity contribution in [2.24, 2.45) is 5.92 Å². The average molecular weight is 332 g/mol. The third kappa shape index (κ3) is 5.10. The minimum absolute atomic E-state index is 0.0327. The number of hydrogen-bond acceptors (Lipinski definition) is 4. The molecule has 0 saturated heterocycles. The first-order chi connectivity index (χ1) is 11.0. The predicted molar refractivity (Wildman–Crippen MR) is 94.0 cm³/mol. The number of amides is 1. The van der Waals surface area contributed by atoms with E-state index < -0.39 is 0 Å². The first kappa shape index (κ1) is 17.5. The van der Waals surface area contributed by atoms with E-state index in [0.29, 0.717) is 11.7 Å². The molecule has 1 heterocycles. The van der Waals surface area contributed by atoms with Gasteiger partial charge in [-0.3, -0.25) is 9.36 Å². The fourth-order valence-corrected chi connectivity index (χ4v) is 2.82. The number of nitrogens with zero attached hydrogens (tertiary/aromatic N) is 3. The lowest BCUT2D eigenvalue weighted by atomic mass is 10.1. The minimum atomic E-state index is 0.0327. The molecule has 5 nitrogen and oxygen atoms in total. The average Bonchev–Trinajstić information content (AvgIpc) is 2.96. The molecule has 124 valence electrons. The molecule has 0 aliphatic rings. The van der Waals surface area contributed by atoms with Crippen molar-refractivity contribution in [3.8, 4) is 5.69 Å². The van der Waals surface area contributed by atoms with Crippen molar-refractivity contribution >= 4 is 17.7 Å². The van der Waals surface area contributed by atoms with Crippen molar-refractivity contribution in [1.29, 1.82) is 0 Å². The van der Waals surface area contributed by atoms with Gasteiger partial charge in [0.05, 0.1) is 5.75 Å². The molecule has 1 N–H and O–H groups in total. The number of carbonyl (C=O) groups excluding carboxylic acids is 1. The van der Waals surface area contributed by atoms with Crippen molar-refractivity contribution in [2.75, 3.05) is 12.3 Å². The van der Waals surface area contributed by atoms with E-state index in [4.69, 9.17) is 0 Å². The van der Waals surface area contributed by atoms with Gasteiger partial charge in [-0.1, -0.05) is 31.7 Å². The van der Waals surface area contributed by atoms with Crippen LogP contribution in [0.5, 0.6) is 0 Å². The molecule has 0 aliphatic carbocycles. The van der Waals surface area contributed by atoms with Gasteiger partial charge in [0.25, 0.3) is 0 Å². The van der Waals surface area contributed by atoms with Gasteiger partial charge in [0.1, 0.15) is 6.33 Å². The molecule has 2 aromatic rings. The summed E-state index contributed by atoms with van der Waals surface area (Å²) in [6.45, 7) is 9.18. The van der Waals surface area contributed by atoms with Crippen LogP contribution in [0, 0.1) is 19.8 Å². The third-order valence-corrected chi connectivity index (χ3v) is 4.60. The second-order valence-corrected chi connectivity index (χ2v) is 7.02. The Labute approximate surface area is 141 Å². The SMILES string of the molecule is Cc1ccc(-n2cnnc2SCC(=O)NCCC(C)C)cc1C. The molecule has 6 heteroatoms. The molecule has 1 amide bonds. The second-order valence-electron chi connectivity index (χ2n) is 6.07. The van der Waals surface area contributed by atoms with E-state index in [-0.39, 0.29) is 5.91 Å². The monoisotopic (exact) mass is 332 g/mol. The van der Waals surface area contributed by atoms with Crippen molar-refractivity contribution in [3.63, 3.8) is 0 Å². The molecule has 1 aromatic carbocycles. The molecule has 0 fully saturated rings. The molecular weight excluding hydrogens is 308 g/mol. The maximum Gasteiger partial charge on any atom is 0.230 e. The Balaban J connectivity index is 1.96. The molecule has 23 heavy (non-hydrogen) atoms. The van der Waals surface area contributed by atoms with Crippen LogP contribution in [0.1, 0.15) is 31.4 Å². The number of rotatable bonds is 7. The Morgan fingerprint density at radius 3 is 2.78 bits per heavy atom. The van der Waals surface area contributed by atoms with Crippen LogP contribution in [0.15, 0.2) is 29.7 Å². The molecule has 0 unspecified atom stereocenters. The Bertz CT molecular complexity index is 666. The topological polar surface area (TPSA) is 59.8 Å². The number of nitrogens with one attached hydrogen (secondary N) is 1. The Morgan fingerprint density at radius 1 is 1.30 bits per heavy atom. The zero-order valence-corrected chi connectivity index (χ0v) is 15.0. The summed E-state index contributed by atoms with van der Waals surface area (Å²) >= 11 is 1.40. The highest BCUT2D eigenvalue weighted by Gasteiger charge is 2.10. The van der Waals surface area contributed by atoms with E-state index >= 15 is 0 Å². The molecule has 0 bridgehead atoms. The van der Waals surface area contributed by atoms with Gasteiger partial charge < -0.3 is 5.32 Å². The molecule has 2 rings (SSSR count). The number of carbonyl (C=O) groups is 1. The molecular formula is C17H24N4OS. The highest BCUT2D eigenvalue weighted by atomic mass is 32.2. The predicted octanol–water partition coefficient (Wildman–Crippen LogP) is 3.14. The Kier molecular flexibility index (Phi) is 6.21. The summed E-state index contributed by atoms with van der Waals surface area (Å²) in [5.41, 5.74) is 3.49. The van der Waals surface area contributed by atoms with Gasteiger partial charge in [0.2, 0.25) is 5.91 Å². The van der Waals surface area contributed by atoms with E-state index in [1.54, 1.807) is 6.33 Å². The quantitative estimate of drug-likeness (QED) is 0.791. The summed E-state index contributed by atoms with van der Waals surface area (Å²) in [7, 11) is 0. The lowest BCUT2D eigenvalue weighted by Crippen LogP contribution is -2.27. The summed E-state index contributed by atoms with van der Waals surface area (Å²) < 4.78 is 1.92. The molecule has 0 atom stereocenters. The Hall–Kier alpha value is -1.82. The first-order valence-corrected chi connectivity index (χ1v) is 8.83. The molecule has 0 radical (unpaired) electrons. The van der Waals surface area contributed by atoms with Gasteiger partial charge in [-0.15, -0.1) is 10.2 Å². The summed E-state index contributed by atoms with van der Waals surface area (Å²) in [6.07, 6.45) is 2.68. The smallest absolute Gasteiger partial charge is 0.230 e. The first-order valence-electron chi connectivity index (χ1n) is 7.84. The van der Waals surface area contributed by atoms with E-state index in [2.05, 4.69) is 55.3 Å². The highest BCUT2D eigenvalue weighted by molar-refractivity contribution is 7.99. The maximum absolute atomic E-state index is 11.9. The van der Waals surface area contributed by atoms with E-state index in [1.165, 1.54) is 22.9 Å². The van der Waals surface area contributed by atoms with Gasteiger partial charge in [-0.05, 0) is 49.4 Å². The van der Waals surface area contributed by atoms with Crippen LogP contribution < -0.4 is 5.32 Å². The number of hydrogen-bond donors (Lipinski definition) is 1. The van der Waals surface area contributed by atoms with Crippen molar-refractivity contribution in [2.45, 2.75) is 39.3 Å². The zero-order valence-electron chi connectivity index (χ0n) is 14.2. The maximum atomic E-state index is 11.9. The van der Waals surface area contributed by atoms with Gasteiger partial charge in [0, 0.05) is 12.2 Å². The lowest BCUT2D eigenvalue weighted by Gasteiger charge is -2.09. The van der Waals surface area contributed by atoms with Crippen LogP contribution in [-0.2, 0) is 4.79 Å². The molecule has 0 saturated carbocycles. The van der Waals surface area contributed by atoms with Crippen LogP contribution in [0.25, 0.3) is 5.69 Å². The van der Waals surface area contributed by atoms with E-state index in [9.17, 15) is 4.79 Å². The van der Waals surface area contributed by atoms with Crippen molar-refractivity contribution in [3.05, 3.63) is 35.7 Å². The Morgan fingerprint density at radius 2 is 2.09 bits per heavy atom. The van der Waals surface area contributed by atoms with Crippen LogP contribution >= 0.6 is 11.8 Å². The van der Waals surface area contributed by atoms with Crippen LogP contribution in [0.3, 0.4) is 0 Å². The van der Waals surface area contributed by atoms with Crippen molar-refractivity contribution < 1.29 is 4.79 Å².